The first kappa shape index (κ1) is 14.7. The molecule has 9 heteroatoms. The molecule has 2 aromatic rings. The number of rotatable bonds is 2. The minimum atomic E-state index is -4.64. The molecule has 0 amide bonds. The van der Waals surface area contributed by atoms with Crippen LogP contribution in [0, 0.1) is 5.41 Å². The number of ether oxygens (including phenoxy) is 1. The van der Waals surface area contributed by atoms with Gasteiger partial charge in [-0.25, -0.2) is 15.0 Å². The third kappa shape index (κ3) is 2.43. The first-order valence-corrected chi connectivity index (χ1v) is 7.53. The number of aromatic nitrogens is 4. The van der Waals surface area contributed by atoms with Gasteiger partial charge >= 0.3 is 6.18 Å². The van der Waals surface area contributed by atoms with Crippen LogP contribution in [0.15, 0.2) is 6.33 Å². The van der Waals surface area contributed by atoms with E-state index in [-0.39, 0.29) is 28.5 Å². The van der Waals surface area contributed by atoms with Crippen molar-refractivity contribution in [1.29, 1.82) is 0 Å². The van der Waals surface area contributed by atoms with E-state index in [4.69, 9.17) is 10.5 Å². The summed E-state index contributed by atoms with van der Waals surface area (Å²) in [5.41, 5.74) is 6.16. The Morgan fingerprint density at radius 3 is 2.74 bits per heavy atom. The molecule has 0 radical (unpaired) electrons. The number of anilines is 1. The van der Waals surface area contributed by atoms with Gasteiger partial charge in [0.2, 0.25) is 5.82 Å². The van der Waals surface area contributed by atoms with Crippen molar-refractivity contribution in [1.82, 2.24) is 19.5 Å². The third-order valence-corrected chi connectivity index (χ3v) is 4.84. The van der Waals surface area contributed by atoms with E-state index in [9.17, 15) is 13.2 Å². The molecule has 3 heterocycles. The Kier molecular flexibility index (Phi) is 3.06. The Balaban J connectivity index is 1.64. The molecule has 1 atom stereocenters. The van der Waals surface area contributed by atoms with E-state index in [1.54, 1.807) is 4.57 Å². The van der Waals surface area contributed by atoms with E-state index in [1.165, 1.54) is 25.6 Å². The smallest absolute Gasteiger partial charge is 0.382 e. The second-order valence-corrected chi connectivity index (χ2v) is 6.49. The molecule has 2 aromatic heterocycles. The van der Waals surface area contributed by atoms with Crippen molar-refractivity contribution in [2.45, 2.75) is 44.5 Å². The molecule has 1 spiro atoms. The highest BCUT2D eigenvalue weighted by atomic mass is 19.4. The summed E-state index contributed by atoms with van der Waals surface area (Å²) in [6, 6.07) is 0. The molecule has 124 valence electrons. The highest BCUT2D eigenvalue weighted by molar-refractivity contribution is 5.81. The van der Waals surface area contributed by atoms with E-state index in [2.05, 4.69) is 15.0 Å². The van der Waals surface area contributed by atoms with Gasteiger partial charge in [-0.2, -0.15) is 13.2 Å². The molecule has 1 saturated carbocycles. The molecule has 2 aliphatic rings. The number of nitrogen functional groups attached to an aromatic ring is 1. The zero-order chi connectivity index (χ0) is 16.2. The molecule has 1 unspecified atom stereocenters. The molecular weight excluding hydrogens is 311 g/mol. The molecule has 23 heavy (non-hydrogen) atoms. The van der Waals surface area contributed by atoms with E-state index >= 15 is 0 Å². The van der Waals surface area contributed by atoms with Gasteiger partial charge in [0.15, 0.2) is 11.5 Å². The molecule has 0 aromatic carbocycles. The average Bonchev–Trinajstić information content (AvgIpc) is 3.03. The van der Waals surface area contributed by atoms with Gasteiger partial charge in [0.25, 0.3) is 0 Å². The molecule has 1 saturated heterocycles. The lowest BCUT2D eigenvalue weighted by Gasteiger charge is -2.36. The molecule has 4 rings (SSSR count). The van der Waals surface area contributed by atoms with E-state index in [1.807, 2.05) is 0 Å². The highest BCUT2D eigenvalue weighted by Gasteiger charge is 2.44. The van der Waals surface area contributed by atoms with Crippen molar-refractivity contribution in [3.63, 3.8) is 0 Å². The van der Waals surface area contributed by atoms with Crippen LogP contribution in [0.25, 0.3) is 11.2 Å². The normalized spacial score (nSPS) is 23.5. The minimum absolute atomic E-state index is 0.0294. The number of hydrogen-bond donors (Lipinski definition) is 1. The molecule has 2 fully saturated rings. The van der Waals surface area contributed by atoms with Crippen molar-refractivity contribution in [2.24, 2.45) is 5.41 Å². The monoisotopic (exact) mass is 327 g/mol. The fourth-order valence-electron chi connectivity index (χ4n) is 3.48. The number of nitrogens with two attached hydrogens (primary N) is 1. The molecule has 1 aliphatic carbocycles. The van der Waals surface area contributed by atoms with Gasteiger partial charge in [-0.15, -0.1) is 0 Å². The predicted octanol–water partition coefficient (Wildman–Crippen LogP) is 2.39. The van der Waals surface area contributed by atoms with Crippen molar-refractivity contribution in [2.75, 3.05) is 12.3 Å². The van der Waals surface area contributed by atoms with Gasteiger partial charge in [-0.1, -0.05) is 6.42 Å². The van der Waals surface area contributed by atoms with Crippen LogP contribution in [0.1, 0.15) is 31.5 Å². The average molecular weight is 327 g/mol. The van der Waals surface area contributed by atoms with Crippen LogP contribution in [0.2, 0.25) is 0 Å². The summed E-state index contributed by atoms with van der Waals surface area (Å²) in [5.74, 6) is -1.50. The lowest BCUT2D eigenvalue weighted by atomic mass is 9.68. The number of fused-ring (bicyclic) bond motifs is 1. The second kappa shape index (κ2) is 4.80. The maximum atomic E-state index is 12.9. The van der Waals surface area contributed by atoms with Crippen LogP contribution in [0.5, 0.6) is 0 Å². The summed E-state index contributed by atoms with van der Waals surface area (Å²) in [6.07, 6.45) is 1.27. The van der Waals surface area contributed by atoms with Crippen LogP contribution in [0.4, 0.5) is 19.0 Å². The van der Waals surface area contributed by atoms with Crippen molar-refractivity contribution < 1.29 is 17.9 Å². The van der Waals surface area contributed by atoms with Crippen LogP contribution in [0.3, 0.4) is 0 Å². The number of alkyl halides is 3. The molecule has 6 nitrogen and oxygen atoms in total. The lowest BCUT2D eigenvalue weighted by molar-refractivity contribution is -0.144. The van der Waals surface area contributed by atoms with Crippen molar-refractivity contribution >= 4 is 17.0 Å². The fourth-order valence-corrected chi connectivity index (χ4v) is 3.48. The zero-order valence-corrected chi connectivity index (χ0v) is 12.3. The van der Waals surface area contributed by atoms with Crippen LogP contribution in [-0.4, -0.2) is 32.2 Å². The summed E-state index contributed by atoms with van der Waals surface area (Å²) in [5, 5.41) is 0. The van der Waals surface area contributed by atoms with Gasteiger partial charge < -0.3 is 15.0 Å². The summed E-state index contributed by atoms with van der Waals surface area (Å²) < 4.78 is 46.0. The first-order chi connectivity index (χ1) is 10.9. The van der Waals surface area contributed by atoms with E-state index < -0.39 is 12.0 Å². The number of halogens is 3. The Hall–Kier alpha value is -1.90. The van der Waals surface area contributed by atoms with Gasteiger partial charge in [0.05, 0.1) is 25.6 Å². The maximum absolute atomic E-state index is 12.9. The SMILES string of the molecule is Nc1nc(C(F)(F)F)nc2c1ncn2CC1CC2(CCC2)CO1. The summed E-state index contributed by atoms with van der Waals surface area (Å²) in [6.45, 7) is 1.15. The minimum Gasteiger partial charge on any atom is -0.382 e. The van der Waals surface area contributed by atoms with Gasteiger partial charge in [-0.05, 0) is 24.7 Å². The number of imidazole rings is 1. The number of nitrogens with zero attached hydrogens (tertiary/aromatic N) is 4. The van der Waals surface area contributed by atoms with Crippen molar-refractivity contribution in [3.05, 3.63) is 12.2 Å². The topological polar surface area (TPSA) is 78.9 Å². The van der Waals surface area contributed by atoms with Gasteiger partial charge in [-0.3, -0.25) is 0 Å². The van der Waals surface area contributed by atoms with Gasteiger partial charge in [0.1, 0.15) is 5.52 Å². The number of hydrogen-bond acceptors (Lipinski definition) is 5. The molecule has 1 aliphatic heterocycles. The second-order valence-electron chi connectivity index (χ2n) is 6.49. The molecule has 0 bridgehead atoms. The third-order valence-electron chi connectivity index (χ3n) is 4.84. The zero-order valence-electron chi connectivity index (χ0n) is 12.3. The van der Waals surface area contributed by atoms with E-state index in [0.29, 0.717) is 6.54 Å². The predicted molar refractivity (Wildman–Crippen MR) is 75.4 cm³/mol. The summed E-state index contributed by atoms with van der Waals surface area (Å²) in [4.78, 5) is 11.0. The quantitative estimate of drug-likeness (QED) is 0.916. The molecular formula is C14H16F3N5O. The van der Waals surface area contributed by atoms with Crippen LogP contribution in [-0.2, 0) is 17.5 Å². The Bertz CT molecular complexity index is 753. The lowest BCUT2D eigenvalue weighted by Crippen LogP contribution is -2.29. The first-order valence-electron chi connectivity index (χ1n) is 7.53. The maximum Gasteiger partial charge on any atom is 0.451 e. The fraction of sp³-hybridized carbons (Fsp3) is 0.643. The summed E-state index contributed by atoms with van der Waals surface area (Å²) in [7, 11) is 0. The Labute approximate surface area is 129 Å². The van der Waals surface area contributed by atoms with Gasteiger partial charge in [0, 0.05) is 0 Å². The standard InChI is InChI=1S/C14H16F3N5O/c15-14(16,17)12-20-10(18)9-11(21-12)22(7-19-9)5-8-4-13(6-23-8)2-1-3-13/h7-8H,1-6H2,(H2,18,20,21). The van der Waals surface area contributed by atoms with Crippen LogP contribution < -0.4 is 5.73 Å². The Morgan fingerprint density at radius 2 is 2.13 bits per heavy atom. The molecule has 2 N–H and O–H groups in total. The largest absolute Gasteiger partial charge is 0.451 e. The Morgan fingerprint density at radius 1 is 1.35 bits per heavy atom. The van der Waals surface area contributed by atoms with E-state index in [0.717, 1.165) is 13.0 Å². The summed E-state index contributed by atoms with van der Waals surface area (Å²) >= 11 is 0. The van der Waals surface area contributed by atoms with Crippen molar-refractivity contribution in [3.8, 4) is 0 Å². The van der Waals surface area contributed by atoms with Crippen LogP contribution >= 0.6 is 0 Å². The highest BCUT2D eigenvalue weighted by Crippen LogP contribution is 2.49.